The van der Waals surface area contributed by atoms with Gasteiger partial charge in [0.05, 0.1) is 17.7 Å². The number of amides is 1. The number of nitrogens with one attached hydrogen (secondary N) is 1. The van der Waals surface area contributed by atoms with Crippen LogP contribution in [0.5, 0.6) is 0 Å². The average molecular weight is 286 g/mol. The minimum Gasteiger partial charge on any atom is -0.466 e. The van der Waals surface area contributed by atoms with E-state index in [4.69, 9.17) is 4.74 Å². The number of ether oxygens (including phenoxy) is 1. The Hall–Kier alpha value is -2.43. The highest BCUT2D eigenvalue weighted by Crippen LogP contribution is 2.15. The normalized spacial score (nSPS) is 10.3. The third-order valence-electron chi connectivity index (χ3n) is 3.04. The van der Waals surface area contributed by atoms with Crippen molar-refractivity contribution in [3.8, 4) is 0 Å². The number of esters is 1. The molecule has 0 radical (unpaired) electrons. The number of pyridine rings is 1. The van der Waals surface area contributed by atoms with Crippen LogP contribution >= 0.6 is 0 Å². The molecule has 0 fully saturated rings. The van der Waals surface area contributed by atoms with Crippen LogP contribution in [-0.4, -0.2) is 30.0 Å². The van der Waals surface area contributed by atoms with Crippen LogP contribution in [0.25, 0.3) is 10.9 Å². The van der Waals surface area contributed by atoms with Crippen molar-refractivity contribution < 1.29 is 14.3 Å². The predicted octanol–water partition coefficient (Wildman–Crippen LogP) is 2.31. The molecule has 5 nitrogen and oxygen atoms in total. The summed E-state index contributed by atoms with van der Waals surface area (Å²) in [6, 6.07) is 9.20. The first-order chi connectivity index (χ1) is 10.2. The van der Waals surface area contributed by atoms with E-state index in [-0.39, 0.29) is 11.9 Å². The molecule has 0 saturated carbocycles. The largest absolute Gasteiger partial charge is 0.466 e. The lowest BCUT2D eigenvalue weighted by molar-refractivity contribution is -0.143. The van der Waals surface area contributed by atoms with Crippen molar-refractivity contribution in [3.05, 3.63) is 42.1 Å². The molecule has 21 heavy (non-hydrogen) atoms. The molecule has 2 rings (SSSR count). The van der Waals surface area contributed by atoms with Crippen LogP contribution in [0.4, 0.5) is 0 Å². The molecule has 0 aliphatic rings. The first-order valence-corrected chi connectivity index (χ1v) is 7.00. The number of hydrogen-bond donors (Lipinski definition) is 1. The van der Waals surface area contributed by atoms with Crippen LogP contribution < -0.4 is 5.32 Å². The molecule has 0 saturated heterocycles. The van der Waals surface area contributed by atoms with Gasteiger partial charge in [-0.3, -0.25) is 14.6 Å². The van der Waals surface area contributed by atoms with Gasteiger partial charge < -0.3 is 10.1 Å². The van der Waals surface area contributed by atoms with Gasteiger partial charge in [-0.25, -0.2) is 0 Å². The monoisotopic (exact) mass is 286 g/mol. The van der Waals surface area contributed by atoms with Gasteiger partial charge in [0, 0.05) is 24.5 Å². The van der Waals surface area contributed by atoms with Gasteiger partial charge in [-0.1, -0.05) is 18.2 Å². The molecule has 0 bridgehead atoms. The Kier molecular flexibility index (Phi) is 5.26. The van der Waals surface area contributed by atoms with Gasteiger partial charge >= 0.3 is 5.97 Å². The summed E-state index contributed by atoms with van der Waals surface area (Å²) in [5, 5.41) is 3.64. The van der Waals surface area contributed by atoms with E-state index in [0.717, 1.165) is 10.9 Å². The van der Waals surface area contributed by atoms with Crippen molar-refractivity contribution in [1.82, 2.24) is 10.3 Å². The Labute approximate surface area is 123 Å². The second-order valence-corrected chi connectivity index (χ2v) is 4.54. The lowest BCUT2D eigenvalue weighted by atomic mass is 10.1. The SMILES string of the molecule is CCOC(=O)CCCNC(=O)c1ccnc2ccccc12. The third-order valence-corrected chi connectivity index (χ3v) is 3.04. The third kappa shape index (κ3) is 4.02. The zero-order valence-electron chi connectivity index (χ0n) is 12.0. The molecule has 1 aromatic heterocycles. The number of para-hydroxylation sites is 1. The molecular weight excluding hydrogens is 268 g/mol. The predicted molar refractivity (Wildman–Crippen MR) is 79.9 cm³/mol. The molecule has 1 aromatic carbocycles. The number of aromatic nitrogens is 1. The van der Waals surface area contributed by atoms with Crippen molar-refractivity contribution >= 4 is 22.8 Å². The summed E-state index contributed by atoms with van der Waals surface area (Å²) in [6.07, 6.45) is 2.49. The smallest absolute Gasteiger partial charge is 0.305 e. The standard InChI is InChI=1S/C16H18N2O3/c1-2-21-15(19)8-5-10-18-16(20)13-9-11-17-14-7-4-3-6-12(13)14/h3-4,6-7,9,11H,2,5,8,10H2,1H3,(H,18,20). The van der Waals surface area contributed by atoms with E-state index in [1.165, 1.54) is 0 Å². The van der Waals surface area contributed by atoms with E-state index in [1.54, 1.807) is 19.2 Å². The number of nitrogens with zero attached hydrogens (tertiary/aromatic N) is 1. The van der Waals surface area contributed by atoms with Crippen molar-refractivity contribution in [1.29, 1.82) is 0 Å². The van der Waals surface area contributed by atoms with E-state index in [1.807, 2.05) is 24.3 Å². The minimum absolute atomic E-state index is 0.155. The Balaban J connectivity index is 1.92. The van der Waals surface area contributed by atoms with Gasteiger partial charge in [-0.15, -0.1) is 0 Å². The molecule has 1 amide bonds. The van der Waals surface area contributed by atoms with Gasteiger partial charge in [0.1, 0.15) is 0 Å². The molecule has 0 atom stereocenters. The van der Waals surface area contributed by atoms with E-state index < -0.39 is 0 Å². The van der Waals surface area contributed by atoms with Crippen LogP contribution in [0.3, 0.4) is 0 Å². The minimum atomic E-state index is -0.235. The van der Waals surface area contributed by atoms with Crippen LogP contribution in [0, 0.1) is 0 Å². The van der Waals surface area contributed by atoms with Gasteiger partial charge in [0.25, 0.3) is 5.91 Å². The number of carbonyl (C=O) groups excluding carboxylic acids is 2. The summed E-state index contributed by atoms with van der Waals surface area (Å²) in [4.78, 5) is 27.6. The Bertz CT molecular complexity index is 635. The zero-order chi connectivity index (χ0) is 15.1. The fraction of sp³-hybridized carbons (Fsp3) is 0.312. The van der Waals surface area contributed by atoms with Gasteiger partial charge in [-0.05, 0) is 25.5 Å². The Morgan fingerprint density at radius 2 is 2.05 bits per heavy atom. The summed E-state index contributed by atoms with van der Waals surface area (Å²) >= 11 is 0. The quantitative estimate of drug-likeness (QED) is 0.653. The summed E-state index contributed by atoms with van der Waals surface area (Å²) in [7, 11) is 0. The molecule has 1 N–H and O–H groups in total. The Morgan fingerprint density at radius 3 is 2.86 bits per heavy atom. The van der Waals surface area contributed by atoms with E-state index in [0.29, 0.717) is 31.6 Å². The number of hydrogen-bond acceptors (Lipinski definition) is 4. The first-order valence-electron chi connectivity index (χ1n) is 7.00. The molecule has 0 spiro atoms. The second kappa shape index (κ2) is 7.38. The number of rotatable bonds is 6. The fourth-order valence-corrected chi connectivity index (χ4v) is 2.06. The maximum atomic E-state index is 12.2. The van der Waals surface area contributed by atoms with Crippen molar-refractivity contribution in [2.24, 2.45) is 0 Å². The van der Waals surface area contributed by atoms with E-state index in [2.05, 4.69) is 10.3 Å². The van der Waals surface area contributed by atoms with Crippen molar-refractivity contribution in [3.63, 3.8) is 0 Å². The van der Waals surface area contributed by atoms with Gasteiger partial charge in [0.2, 0.25) is 0 Å². The number of benzene rings is 1. The highest BCUT2D eigenvalue weighted by molar-refractivity contribution is 6.05. The molecule has 2 aromatic rings. The molecule has 1 heterocycles. The first kappa shape index (κ1) is 15.0. The lowest BCUT2D eigenvalue weighted by Gasteiger charge is -2.07. The van der Waals surface area contributed by atoms with Crippen LogP contribution in [-0.2, 0) is 9.53 Å². The molecule has 0 unspecified atom stereocenters. The zero-order valence-corrected chi connectivity index (χ0v) is 12.0. The van der Waals surface area contributed by atoms with Gasteiger partial charge in [0.15, 0.2) is 0 Å². The van der Waals surface area contributed by atoms with E-state index in [9.17, 15) is 9.59 Å². The second-order valence-electron chi connectivity index (χ2n) is 4.54. The summed E-state index contributed by atoms with van der Waals surface area (Å²) < 4.78 is 4.83. The highest BCUT2D eigenvalue weighted by atomic mass is 16.5. The van der Waals surface area contributed by atoms with Crippen molar-refractivity contribution in [2.75, 3.05) is 13.2 Å². The topological polar surface area (TPSA) is 68.3 Å². The van der Waals surface area contributed by atoms with Crippen LogP contribution in [0.1, 0.15) is 30.1 Å². The molecule has 0 aliphatic heterocycles. The molecule has 5 heteroatoms. The average Bonchev–Trinajstić information content (AvgIpc) is 2.51. The van der Waals surface area contributed by atoms with Crippen LogP contribution in [0.2, 0.25) is 0 Å². The van der Waals surface area contributed by atoms with Crippen LogP contribution in [0.15, 0.2) is 36.5 Å². The maximum absolute atomic E-state index is 12.2. The van der Waals surface area contributed by atoms with Gasteiger partial charge in [-0.2, -0.15) is 0 Å². The maximum Gasteiger partial charge on any atom is 0.305 e. The summed E-state index contributed by atoms with van der Waals surface area (Å²) in [6.45, 7) is 2.59. The lowest BCUT2D eigenvalue weighted by Crippen LogP contribution is -2.25. The fourth-order valence-electron chi connectivity index (χ4n) is 2.06. The summed E-state index contributed by atoms with van der Waals surface area (Å²) in [5.41, 5.74) is 1.38. The molecular formula is C16H18N2O3. The van der Waals surface area contributed by atoms with Crippen molar-refractivity contribution in [2.45, 2.75) is 19.8 Å². The number of carbonyl (C=O) groups is 2. The molecule has 110 valence electrons. The Morgan fingerprint density at radius 1 is 1.24 bits per heavy atom. The molecule has 0 aliphatic carbocycles. The van der Waals surface area contributed by atoms with E-state index >= 15 is 0 Å². The summed E-state index contributed by atoms with van der Waals surface area (Å²) in [5.74, 6) is -0.390. The number of fused-ring (bicyclic) bond motifs is 1. The highest BCUT2D eigenvalue weighted by Gasteiger charge is 2.10.